The van der Waals surface area contributed by atoms with E-state index in [1.165, 1.54) is 0 Å². The minimum Gasteiger partial charge on any atom is -0.388 e. The van der Waals surface area contributed by atoms with Crippen molar-refractivity contribution in [3.8, 4) is 0 Å². The molecule has 114 valence electrons. The molecule has 0 spiro atoms. The highest BCUT2D eigenvalue weighted by atomic mass is 16.3. The van der Waals surface area contributed by atoms with E-state index in [1.807, 2.05) is 26.8 Å². The van der Waals surface area contributed by atoms with Crippen LogP contribution in [0.15, 0.2) is 6.07 Å². The molecule has 3 N–H and O–H groups in total. The van der Waals surface area contributed by atoms with Gasteiger partial charge in [0.25, 0.3) is 0 Å². The van der Waals surface area contributed by atoms with Gasteiger partial charge in [-0.3, -0.25) is 0 Å². The van der Waals surface area contributed by atoms with Gasteiger partial charge in [-0.25, -0.2) is 9.97 Å². The first-order valence-corrected chi connectivity index (χ1v) is 7.27. The van der Waals surface area contributed by atoms with Gasteiger partial charge in [-0.1, -0.05) is 27.7 Å². The molecule has 1 aromatic heterocycles. The SMILES string of the molecule is CCNc1cc(NCC(C)(O)CC)nc(C(C)(C)C)n1. The van der Waals surface area contributed by atoms with Crippen LogP contribution in [0.1, 0.15) is 53.8 Å². The summed E-state index contributed by atoms with van der Waals surface area (Å²) in [6.45, 7) is 13.4. The quantitative estimate of drug-likeness (QED) is 0.747. The highest BCUT2D eigenvalue weighted by molar-refractivity contribution is 5.48. The Morgan fingerprint density at radius 2 is 1.60 bits per heavy atom. The van der Waals surface area contributed by atoms with Gasteiger partial charge in [-0.15, -0.1) is 0 Å². The summed E-state index contributed by atoms with van der Waals surface area (Å²) in [5.41, 5.74) is -0.847. The Hall–Kier alpha value is -1.36. The summed E-state index contributed by atoms with van der Waals surface area (Å²) >= 11 is 0. The third-order valence-corrected chi connectivity index (χ3v) is 3.17. The molecule has 1 unspecified atom stereocenters. The average molecular weight is 280 g/mol. The molecule has 5 heteroatoms. The van der Waals surface area contributed by atoms with Crippen LogP contribution in [0.2, 0.25) is 0 Å². The predicted octanol–water partition coefficient (Wildman–Crippen LogP) is 2.78. The Labute approximate surface area is 122 Å². The fourth-order valence-electron chi connectivity index (χ4n) is 1.55. The average Bonchev–Trinajstić information content (AvgIpc) is 2.36. The second-order valence-corrected chi connectivity index (χ2v) is 6.45. The van der Waals surface area contributed by atoms with Crippen LogP contribution in [-0.4, -0.2) is 33.8 Å². The molecular weight excluding hydrogens is 252 g/mol. The molecule has 1 rings (SSSR count). The summed E-state index contributed by atoms with van der Waals surface area (Å²) in [7, 11) is 0. The minimum atomic E-state index is -0.731. The molecule has 1 aromatic rings. The monoisotopic (exact) mass is 280 g/mol. The smallest absolute Gasteiger partial charge is 0.138 e. The number of hydrogen-bond donors (Lipinski definition) is 3. The fraction of sp³-hybridized carbons (Fsp3) is 0.733. The van der Waals surface area contributed by atoms with Crippen LogP contribution in [0.25, 0.3) is 0 Å². The molecule has 0 amide bonds. The van der Waals surface area contributed by atoms with E-state index in [0.717, 1.165) is 24.0 Å². The Kier molecular flexibility index (Phi) is 5.34. The lowest BCUT2D eigenvalue weighted by molar-refractivity contribution is 0.0696. The van der Waals surface area contributed by atoms with Crippen LogP contribution < -0.4 is 10.6 Å². The van der Waals surface area contributed by atoms with Gasteiger partial charge in [0.15, 0.2) is 0 Å². The zero-order chi connectivity index (χ0) is 15.4. The zero-order valence-corrected chi connectivity index (χ0v) is 13.5. The van der Waals surface area contributed by atoms with Gasteiger partial charge in [0.05, 0.1) is 5.60 Å². The van der Waals surface area contributed by atoms with Crippen LogP contribution in [0.3, 0.4) is 0 Å². The van der Waals surface area contributed by atoms with Crippen LogP contribution in [-0.2, 0) is 5.41 Å². The molecule has 0 radical (unpaired) electrons. The second-order valence-electron chi connectivity index (χ2n) is 6.45. The lowest BCUT2D eigenvalue weighted by Gasteiger charge is -2.23. The molecule has 1 atom stereocenters. The van der Waals surface area contributed by atoms with Crippen molar-refractivity contribution in [2.24, 2.45) is 0 Å². The maximum Gasteiger partial charge on any atom is 0.138 e. The van der Waals surface area contributed by atoms with Crippen molar-refractivity contribution in [3.63, 3.8) is 0 Å². The normalized spacial score (nSPS) is 14.8. The summed E-state index contributed by atoms with van der Waals surface area (Å²) in [4.78, 5) is 9.09. The molecule has 0 fully saturated rings. The summed E-state index contributed by atoms with van der Waals surface area (Å²) in [5.74, 6) is 2.34. The van der Waals surface area contributed by atoms with E-state index in [2.05, 4.69) is 41.4 Å². The van der Waals surface area contributed by atoms with Crippen molar-refractivity contribution in [2.45, 2.75) is 59.0 Å². The van der Waals surface area contributed by atoms with Gasteiger partial charge < -0.3 is 15.7 Å². The van der Waals surface area contributed by atoms with Crippen LogP contribution in [0.5, 0.6) is 0 Å². The van der Waals surface area contributed by atoms with Gasteiger partial charge in [-0.05, 0) is 20.3 Å². The van der Waals surface area contributed by atoms with Crippen LogP contribution in [0.4, 0.5) is 11.6 Å². The summed E-state index contributed by atoms with van der Waals surface area (Å²) < 4.78 is 0. The highest BCUT2D eigenvalue weighted by Crippen LogP contribution is 2.22. The lowest BCUT2D eigenvalue weighted by Crippen LogP contribution is -2.33. The first kappa shape index (κ1) is 16.7. The number of rotatable bonds is 6. The molecule has 20 heavy (non-hydrogen) atoms. The van der Waals surface area contributed by atoms with Crippen LogP contribution in [0, 0.1) is 0 Å². The molecule has 5 nitrogen and oxygen atoms in total. The van der Waals surface area contributed by atoms with E-state index in [0.29, 0.717) is 13.0 Å². The van der Waals surface area contributed by atoms with Crippen LogP contribution >= 0.6 is 0 Å². The first-order chi connectivity index (χ1) is 9.18. The van der Waals surface area contributed by atoms with Crippen molar-refractivity contribution >= 4 is 11.6 Å². The number of aromatic nitrogens is 2. The molecule has 0 bridgehead atoms. The predicted molar refractivity (Wildman–Crippen MR) is 84.3 cm³/mol. The van der Waals surface area contributed by atoms with E-state index in [4.69, 9.17) is 0 Å². The topological polar surface area (TPSA) is 70.1 Å². The first-order valence-electron chi connectivity index (χ1n) is 7.27. The molecule has 0 aliphatic heterocycles. The molecular formula is C15H28N4O. The zero-order valence-electron chi connectivity index (χ0n) is 13.5. The number of nitrogens with one attached hydrogen (secondary N) is 2. The van der Waals surface area contributed by atoms with Crippen molar-refractivity contribution in [1.29, 1.82) is 0 Å². The number of nitrogens with zero attached hydrogens (tertiary/aromatic N) is 2. The van der Waals surface area contributed by atoms with E-state index >= 15 is 0 Å². The fourth-order valence-corrected chi connectivity index (χ4v) is 1.55. The van der Waals surface area contributed by atoms with Crippen molar-refractivity contribution in [3.05, 3.63) is 11.9 Å². The Balaban J connectivity index is 2.97. The van der Waals surface area contributed by atoms with Gasteiger partial charge in [-0.2, -0.15) is 0 Å². The third kappa shape index (κ3) is 4.96. The van der Waals surface area contributed by atoms with E-state index in [9.17, 15) is 5.11 Å². The highest BCUT2D eigenvalue weighted by Gasteiger charge is 2.21. The molecule has 0 saturated heterocycles. The van der Waals surface area contributed by atoms with E-state index in [-0.39, 0.29) is 5.41 Å². The number of hydrogen-bond acceptors (Lipinski definition) is 5. The second kappa shape index (κ2) is 6.39. The van der Waals surface area contributed by atoms with Crippen molar-refractivity contribution < 1.29 is 5.11 Å². The minimum absolute atomic E-state index is 0.116. The summed E-state index contributed by atoms with van der Waals surface area (Å²) in [5, 5.41) is 16.5. The Morgan fingerprint density at radius 1 is 1.05 bits per heavy atom. The molecule has 0 aliphatic rings. The number of aliphatic hydroxyl groups is 1. The standard InChI is InChI=1S/C15H28N4O/c1-7-15(6,20)10-17-12-9-11(16-8-2)18-13(19-12)14(3,4)5/h9,20H,7-8,10H2,1-6H3,(H2,16,17,18,19). The van der Waals surface area contributed by atoms with Gasteiger partial charge >= 0.3 is 0 Å². The maximum atomic E-state index is 10.1. The summed E-state index contributed by atoms with van der Waals surface area (Å²) in [6, 6.07) is 1.88. The van der Waals surface area contributed by atoms with Crippen molar-refractivity contribution in [1.82, 2.24) is 9.97 Å². The van der Waals surface area contributed by atoms with Gasteiger partial charge in [0.1, 0.15) is 17.5 Å². The molecule has 1 heterocycles. The van der Waals surface area contributed by atoms with Gasteiger partial charge in [0.2, 0.25) is 0 Å². The molecule has 0 aromatic carbocycles. The summed E-state index contributed by atoms with van der Waals surface area (Å²) in [6.07, 6.45) is 0.692. The Morgan fingerprint density at radius 3 is 2.05 bits per heavy atom. The van der Waals surface area contributed by atoms with Crippen molar-refractivity contribution in [2.75, 3.05) is 23.7 Å². The van der Waals surface area contributed by atoms with E-state index < -0.39 is 5.60 Å². The largest absolute Gasteiger partial charge is 0.388 e. The molecule has 0 saturated carbocycles. The third-order valence-electron chi connectivity index (χ3n) is 3.17. The lowest BCUT2D eigenvalue weighted by atomic mass is 9.96. The number of anilines is 2. The van der Waals surface area contributed by atoms with Gasteiger partial charge in [0, 0.05) is 24.6 Å². The Bertz CT molecular complexity index is 438. The van der Waals surface area contributed by atoms with E-state index in [1.54, 1.807) is 0 Å². The maximum absolute atomic E-state index is 10.1. The molecule has 0 aliphatic carbocycles.